The van der Waals surface area contributed by atoms with Crippen molar-refractivity contribution in [1.82, 2.24) is 5.32 Å². The quantitative estimate of drug-likeness (QED) is 0.807. The number of hydrogen-bond acceptors (Lipinski definition) is 3. The van der Waals surface area contributed by atoms with E-state index in [0.29, 0.717) is 12.3 Å². The predicted octanol–water partition coefficient (Wildman–Crippen LogP) is 2.22. The maximum absolute atomic E-state index is 12.0. The van der Waals surface area contributed by atoms with Crippen LogP contribution in [-0.4, -0.2) is 29.6 Å². The van der Waals surface area contributed by atoms with E-state index >= 15 is 0 Å². The van der Waals surface area contributed by atoms with Gasteiger partial charge in [0.2, 0.25) is 0 Å². The molecule has 1 saturated carbocycles. The number of carboxylic acid groups (broad SMARTS) is 1. The SMILES string of the molecule is CC(Oc1ccccc1)C(=O)NCC1(CC(=O)O)CCC1. The van der Waals surface area contributed by atoms with Gasteiger partial charge in [-0.15, -0.1) is 0 Å². The normalized spacial score (nSPS) is 17.4. The Morgan fingerprint density at radius 1 is 1.33 bits per heavy atom. The number of carbonyl (C=O) groups excluding carboxylic acids is 1. The summed E-state index contributed by atoms with van der Waals surface area (Å²) in [4.78, 5) is 22.9. The molecule has 1 atom stereocenters. The van der Waals surface area contributed by atoms with Gasteiger partial charge in [-0.25, -0.2) is 0 Å². The molecule has 0 aliphatic heterocycles. The minimum Gasteiger partial charge on any atom is -0.481 e. The fourth-order valence-electron chi connectivity index (χ4n) is 2.59. The number of amides is 1. The number of carbonyl (C=O) groups is 2. The third-order valence-electron chi connectivity index (χ3n) is 4.00. The lowest BCUT2D eigenvalue weighted by molar-refractivity contribution is -0.142. The van der Waals surface area contributed by atoms with Crippen LogP contribution in [0.5, 0.6) is 5.75 Å². The molecule has 0 aromatic heterocycles. The predicted molar refractivity (Wildman–Crippen MR) is 78.1 cm³/mol. The highest BCUT2D eigenvalue weighted by molar-refractivity contribution is 5.80. The van der Waals surface area contributed by atoms with E-state index in [0.717, 1.165) is 19.3 Å². The van der Waals surface area contributed by atoms with E-state index in [4.69, 9.17) is 9.84 Å². The summed E-state index contributed by atoms with van der Waals surface area (Å²) < 4.78 is 5.55. The van der Waals surface area contributed by atoms with Crippen molar-refractivity contribution >= 4 is 11.9 Å². The third-order valence-corrected chi connectivity index (χ3v) is 4.00. The van der Waals surface area contributed by atoms with Crippen LogP contribution in [0.4, 0.5) is 0 Å². The van der Waals surface area contributed by atoms with E-state index < -0.39 is 12.1 Å². The third kappa shape index (κ3) is 4.21. The lowest BCUT2D eigenvalue weighted by Crippen LogP contribution is -2.46. The van der Waals surface area contributed by atoms with Crippen LogP contribution in [-0.2, 0) is 9.59 Å². The van der Waals surface area contributed by atoms with E-state index in [1.807, 2.05) is 18.2 Å². The Kier molecular flexibility index (Phi) is 4.83. The van der Waals surface area contributed by atoms with Gasteiger partial charge in [0.25, 0.3) is 5.91 Å². The van der Waals surface area contributed by atoms with Crippen LogP contribution in [0.25, 0.3) is 0 Å². The average Bonchev–Trinajstić information content (AvgIpc) is 2.42. The fourth-order valence-corrected chi connectivity index (χ4v) is 2.59. The van der Waals surface area contributed by atoms with E-state index in [1.165, 1.54) is 0 Å². The van der Waals surface area contributed by atoms with Gasteiger partial charge in [0.15, 0.2) is 6.10 Å². The van der Waals surface area contributed by atoms with Gasteiger partial charge >= 0.3 is 5.97 Å². The van der Waals surface area contributed by atoms with Gasteiger partial charge < -0.3 is 15.2 Å². The first kappa shape index (κ1) is 15.4. The van der Waals surface area contributed by atoms with E-state index in [1.54, 1.807) is 19.1 Å². The molecule has 1 aliphatic carbocycles. The molecule has 1 aromatic carbocycles. The molecule has 0 saturated heterocycles. The molecule has 5 heteroatoms. The van der Waals surface area contributed by atoms with Crippen LogP contribution < -0.4 is 10.1 Å². The van der Waals surface area contributed by atoms with Gasteiger partial charge in [-0.1, -0.05) is 24.6 Å². The first-order chi connectivity index (χ1) is 10.0. The van der Waals surface area contributed by atoms with Crippen LogP contribution in [0, 0.1) is 5.41 Å². The molecule has 114 valence electrons. The molecule has 5 nitrogen and oxygen atoms in total. The molecule has 0 radical (unpaired) electrons. The van der Waals surface area contributed by atoms with Gasteiger partial charge in [-0.3, -0.25) is 9.59 Å². The molecular weight excluding hydrogens is 270 g/mol. The van der Waals surface area contributed by atoms with Crippen molar-refractivity contribution in [3.63, 3.8) is 0 Å². The van der Waals surface area contributed by atoms with Crippen LogP contribution in [0.15, 0.2) is 30.3 Å². The van der Waals surface area contributed by atoms with Crippen molar-refractivity contribution in [2.75, 3.05) is 6.54 Å². The largest absolute Gasteiger partial charge is 0.481 e. The summed E-state index contributed by atoms with van der Waals surface area (Å²) >= 11 is 0. The minimum atomic E-state index is -0.808. The molecule has 21 heavy (non-hydrogen) atoms. The number of rotatable bonds is 7. The Balaban J connectivity index is 1.82. The molecular formula is C16H21NO4. The van der Waals surface area contributed by atoms with Crippen LogP contribution in [0.1, 0.15) is 32.6 Å². The summed E-state index contributed by atoms with van der Waals surface area (Å²) in [7, 11) is 0. The highest BCUT2D eigenvalue weighted by atomic mass is 16.5. The van der Waals surface area contributed by atoms with Crippen molar-refractivity contribution in [1.29, 1.82) is 0 Å². The van der Waals surface area contributed by atoms with Gasteiger partial charge in [-0.05, 0) is 37.3 Å². The van der Waals surface area contributed by atoms with Crippen molar-refractivity contribution in [2.24, 2.45) is 5.41 Å². The summed E-state index contributed by atoms with van der Waals surface area (Å²) in [6.45, 7) is 2.09. The topological polar surface area (TPSA) is 75.6 Å². The van der Waals surface area contributed by atoms with E-state index in [2.05, 4.69) is 5.32 Å². The van der Waals surface area contributed by atoms with E-state index in [-0.39, 0.29) is 17.7 Å². The summed E-state index contributed by atoms with van der Waals surface area (Å²) in [5, 5.41) is 11.8. The first-order valence-corrected chi connectivity index (χ1v) is 7.22. The number of ether oxygens (including phenoxy) is 1. The Bertz CT molecular complexity index is 496. The number of para-hydroxylation sites is 1. The number of carboxylic acids is 1. The van der Waals surface area contributed by atoms with Crippen molar-refractivity contribution in [2.45, 2.75) is 38.7 Å². The zero-order valence-corrected chi connectivity index (χ0v) is 12.2. The Hall–Kier alpha value is -2.04. The summed E-state index contributed by atoms with van der Waals surface area (Å²) in [6, 6.07) is 9.15. The smallest absolute Gasteiger partial charge is 0.303 e. The second-order valence-electron chi connectivity index (χ2n) is 5.72. The summed E-state index contributed by atoms with van der Waals surface area (Å²) in [5.41, 5.74) is -0.270. The number of aliphatic carboxylic acids is 1. The number of benzene rings is 1. The highest BCUT2D eigenvalue weighted by Gasteiger charge is 2.39. The molecule has 1 unspecified atom stereocenters. The zero-order valence-electron chi connectivity index (χ0n) is 12.2. The highest BCUT2D eigenvalue weighted by Crippen LogP contribution is 2.43. The lowest BCUT2D eigenvalue weighted by Gasteiger charge is -2.41. The fraction of sp³-hybridized carbons (Fsp3) is 0.500. The molecule has 1 amide bonds. The van der Waals surface area contributed by atoms with Gasteiger partial charge in [0.05, 0.1) is 6.42 Å². The van der Waals surface area contributed by atoms with Crippen LogP contribution >= 0.6 is 0 Å². The molecule has 2 rings (SSSR count). The monoisotopic (exact) mass is 291 g/mol. The summed E-state index contributed by atoms with van der Waals surface area (Å²) in [5.74, 6) is -0.378. The van der Waals surface area contributed by atoms with Crippen molar-refractivity contribution < 1.29 is 19.4 Å². The second kappa shape index (κ2) is 6.61. The molecule has 0 heterocycles. The molecule has 1 aromatic rings. The molecule has 2 N–H and O–H groups in total. The number of hydrogen-bond donors (Lipinski definition) is 2. The Labute approximate surface area is 124 Å². The standard InChI is InChI=1S/C16H21NO4/c1-12(21-13-6-3-2-4-7-13)15(20)17-11-16(8-5-9-16)10-14(18)19/h2-4,6-7,12H,5,8-11H2,1H3,(H,17,20)(H,18,19). The van der Waals surface area contributed by atoms with E-state index in [9.17, 15) is 9.59 Å². The lowest BCUT2D eigenvalue weighted by atomic mass is 9.66. The Morgan fingerprint density at radius 3 is 2.52 bits per heavy atom. The van der Waals surface area contributed by atoms with Gasteiger partial charge in [0.1, 0.15) is 5.75 Å². The molecule has 1 fully saturated rings. The average molecular weight is 291 g/mol. The second-order valence-corrected chi connectivity index (χ2v) is 5.72. The van der Waals surface area contributed by atoms with Gasteiger partial charge in [-0.2, -0.15) is 0 Å². The minimum absolute atomic E-state index is 0.112. The van der Waals surface area contributed by atoms with Gasteiger partial charge in [0, 0.05) is 6.54 Å². The van der Waals surface area contributed by atoms with Crippen LogP contribution in [0.3, 0.4) is 0 Å². The first-order valence-electron chi connectivity index (χ1n) is 7.22. The molecule has 1 aliphatic rings. The summed E-state index contributed by atoms with van der Waals surface area (Å²) in [6.07, 6.45) is 2.25. The zero-order chi connectivity index (χ0) is 15.3. The molecule has 0 bridgehead atoms. The molecule has 0 spiro atoms. The maximum atomic E-state index is 12.0. The Morgan fingerprint density at radius 2 is 2.00 bits per heavy atom. The van der Waals surface area contributed by atoms with Crippen molar-refractivity contribution in [3.8, 4) is 5.75 Å². The maximum Gasteiger partial charge on any atom is 0.303 e. The number of nitrogens with one attached hydrogen (secondary N) is 1. The van der Waals surface area contributed by atoms with Crippen LogP contribution in [0.2, 0.25) is 0 Å². The van der Waals surface area contributed by atoms with Crippen molar-refractivity contribution in [3.05, 3.63) is 30.3 Å².